The lowest BCUT2D eigenvalue weighted by atomic mass is 10.1. The molecule has 35 heavy (non-hydrogen) atoms. The number of aromatic nitrogens is 2. The Balaban J connectivity index is 1.35. The zero-order valence-electron chi connectivity index (χ0n) is 20.1. The van der Waals surface area contributed by atoms with E-state index in [1.807, 2.05) is 43.3 Å². The van der Waals surface area contributed by atoms with Crippen LogP contribution in [-0.4, -0.2) is 80.6 Å². The average Bonchev–Trinajstić information content (AvgIpc) is 2.89. The van der Waals surface area contributed by atoms with Crippen LogP contribution in [0.4, 0.5) is 5.82 Å². The molecule has 0 aliphatic carbocycles. The molecular weight excluding hydrogens is 466 g/mol. The van der Waals surface area contributed by atoms with Crippen LogP contribution in [-0.2, 0) is 10.0 Å². The molecule has 0 N–H and O–H groups in total. The molecule has 1 amide bonds. The van der Waals surface area contributed by atoms with Gasteiger partial charge in [0.25, 0.3) is 5.91 Å². The fraction of sp³-hybridized carbons (Fsp3) is 0.320. The number of carbonyl (C=O) groups is 1. The van der Waals surface area contributed by atoms with Gasteiger partial charge in [-0.3, -0.25) is 4.79 Å². The van der Waals surface area contributed by atoms with Crippen LogP contribution in [0.5, 0.6) is 5.75 Å². The first-order valence-corrected chi connectivity index (χ1v) is 12.9. The van der Waals surface area contributed by atoms with Gasteiger partial charge in [0.15, 0.2) is 5.82 Å². The van der Waals surface area contributed by atoms with Crippen molar-refractivity contribution in [2.24, 2.45) is 0 Å². The monoisotopic (exact) mass is 495 g/mol. The zero-order chi connectivity index (χ0) is 25.0. The fourth-order valence-corrected chi connectivity index (χ4v) is 4.74. The summed E-state index contributed by atoms with van der Waals surface area (Å²) >= 11 is 0. The van der Waals surface area contributed by atoms with E-state index in [0.717, 1.165) is 27.1 Å². The molecule has 1 fully saturated rings. The third-order valence-corrected chi connectivity index (χ3v) is 7.71. The minimum absolute atomic E-state index is 0.115. The molecule has 0 saturated carbocycles. The molecule has 0 unspecified atom stereocenters. The molecule has 2 heterocycles. The van der Waals surface area contributed by atoms with Gasteiger partial charge in [-0.2, -0.15) is 0 Å². The first kappa shape index (κ1) is 24.6. The van der Waals surface area contributed by atoms with E-state index in [1.165, 1.54) is 26.2 Å². The van der Waals surface area contributed by atoms with Crippen molar-refractivity contribution in [3.63, 3.8) is 0 Å². The number of nitrogens with zero attached hydrogens (tertiary/aromatic N) is 5. The van der Waals surface area contributed by atoms with Crippen molar-refractivity contribution >= 4 is 21.7 Å². The minimum Gasteiger partial charge on any atom is -0.494 e. The number of hydrogen-bond acceptors (Lipinski definition) is 7. The van der Waals surface area contributed by atoms with Crippen molar-refractivity contribution in [1.82, 2.24) is 19.4 Å². The Morgan fingerprint density at radius 2 is 1.57 bits per heavy atom. The van der Waals surface area contributed by atoms with Crippen LogP contribution in [0.1, 0.15) is 17.3 Å². The van der Waals surface area contributed by atoms with Crippen LogP contribution < -0.4 is 9.64 Å². The molecule has 1 aliphatic heterocycles. The molecule has 1 aliphatic rings. The number of amides is 1. The summed E-state index contributed by atoms with van der Waals surface area (Å²) in [5.74, 6) is 1.48. The molecule has 184 valence electrons. The predicted molar refractivity (Wildman–Crippen MR) is 134 cm³/mol. The van der Waals surface area contributed by atoms with E-state index in [1.54, 1.807) is 17.0 Å². The minimum atomic E-state index is -3.52. The number of ether oxygens (including phenoxy) is 1. The largest absolute Gasteiger partial charge is 0.494 e. The van der Waals surface area contributed by atoms with Crippen molar-refractivity contribution < 1.29 is 17.9 Å². The van der Waals surface area contributed by atoms with Crippen LogP contribution in [0.15, 0.2) is 65.6 Å². The molecule has 0 atom stereocenters. The highest BCUT2D eigenvalue weighted by Gasteiger charge is 2.24. The van der Waals surface area contributed by atoms with E-state index < -0.39 is 10.0 Å². The summed E-state index contributed by atoms with van der Waals surface area (Å²) in [4.78, 5) is 17.0. The van der Waals surface area contributed by atoms with Crippen molar-refractivity contribution in [1.29, 1.82) is 0 Å². The molecule has 3 aromatic rings. The molecular formula is C25H29N5O4S. The third kappa shape index (κ3) is 5.44. The van der Waals surface area contributed by atoms with Gasteiger partial charge in [-0.25, -0.2) is 12.7 Å². The average molecular weight is 496 g/mol. The van der Waals surface area contributed by atoms with E-state index in [0.29, 0.717) is 38.3 Å². The number of piperazine rings is 1. The summed E-state index contributed by atoms with van der Waals surface area (Å²) in [6, 6.07) is 17.7. The van der Waals surface area contributed by atoms with Gasteiger partial charge < -0.3 is 14.5 Å². The van der Waals surface area contributed by atoms with E-state index in [2.05, 4.69) is 15.1 Å². The Morgan fingerprint density at radius 3 is 2.11 bits per heavy atom. The second-order valence-electron chi connectivity index (χ2n) is 8.33. The van der Waals surface area contributed by atoms with Crippen LogP contribution in [0.2, 0.25) is 0 Å². The molecule has 0 radical (unpaired) electrons. The quantitative estimate of drug-likeness (QED) is 0.497. The lowest BCUT2D eigenvalue weighted by molar-refractivity contribution is 0.0746. The number of anilines is 1. The highest BCUT2D eigenvalue weighted by molar-refractivity contribution is 7.89. The number of benzene rings is 2. The summed E-state index contributed by atoms with van der Waals surface area (Å²) in [6.07, 6.45) is 0. The maximum atomic E-state index is 12.9. The van der Waals surface area contributed by atoms with Gasteiger partial charge in [0.1, 0.15) is 5.75 Å². The molecule has 1 aromatic heterocycles. The van der Waals surface area contributed by atoms with Crippen LogP contribution in [0, 0.1) is 0 Å². The second kappa shape index (κ2) is 10.4. The zero-order valence-corrected chi connectivity index (χ0v) is 20.9. The molecule has 2 aromatic carbocycles. The van der Waals surface area contributed by atoms with Crippen LogP contribution in [0.3, 0.4) is 0 Å². The Labute approximate surface area is 206 Å². The topological polar surface area (TPSA) is 95.9 Å². The predicted octanol–water partition coefficient (Wildman–Crippen LogP) is 2.76. The van der Waals surface area contributed by atoms with E-state index >= 15 is 0 Å². The Morgan fingerprint density at radius 1 is 0.914 bits per heavy atom. The van der Waals surface area contributed by atoms with E-state index in [-0.39, 0.29) is 10.8 Å². The molecule has 10 heteroatoms. The number of rotatable bonds is 7. The maximum Gasteiger partial charge on any atom is 0.253 e. The molecule has 9 nitrogen and oxygen atoms in total. The van der Waals surface area contributed by atoms with E-state index in [9.17, 15) is 13.2 Å². The molecule has 0 bridgehead atoms. The van der Waals surface area contributed by atoms with Gasteiger partial charge in [0.2, 0.25) is 10.0 Å². The third-order valence-electron chi connectivity index (χ3n) is 5.88. The van der Waals surface area contributed by atoms with Gasteiger partial charge in [-0.15, -0.1) is 10.2 Å². The Bertz CT molecular complexity index is 1250. The summed E-state index contributed by atoms with van der Waals surface area (Å²) in [5, 5.41) is 8.77. The van der Waals surface area contributed by atoms with Gasteiger partial charge in [0.05, 0.1) is 17.2 Å². The second-order valence-corrected chi connectivity index (χ2v) is 10.5. The van der Waals surface area contributed by atoms with Crippen molar-refractivity contribution in [3.05, 3.63) is 66.2 Å². The number of carbonyl (C=O) groups excluding carboxylic acids is 1. The normalized spacial score (nSPS) is 14.3. The molecule has 4 rings (SSSR count). The molecule has 0 spiro atoms. The van der Waals surface area contributed by atoms with Gasteiger partial charge in [-0.05, 0) is 67.6 Å². The SMILES string of the molecule is CCOc1ccc(-c2ccc(N3CCN(C(=O)c4ccc(S(=O)(=O)N(C)C)cc4)CC3)nn2)cc1. The van der Waals surface area contributed by atoms with Gasteiger partial charge in [0, 0.05) is 51.4 Å². The van der Waals surface area contributed by atoms with E-state index in [4.69, 9.17) is 4.74 Å². The maximum absolute atomic E-state index is 12.9. The van der Waals surface area contributed by atoms with Crippen LogP contribution >= 0.6 is 0 Å². The fourth-order valence-electron chi connectivity index (χ4n) is 3.84. The first-order valence-electron chi connectivity index (χ1n) is 11.4. The highest BCUT2D eigenvalue weighted by Crippen LogP contribution is 2.23. The Hall–Kier alpha value is -3.50. The van der Waals surface area contributed by atoms with Crippen molar-refractivity contribution in [3.8, 4) is 17.0 Å². The standard InChI is InChI=1S/C25H29N5O4S/c1-4-34-21-9-5-19(6-10-21)23-13-14-24(27-26-23)29-15-17-30(18-16-29)25(31)20-7-11-22(12-8-20)35(32,33)28(2)3/h5-14H,4,15-18H2,1-3H3. The molecule has 1 saturated heterocycles. The van der Waals surface area contributed by atoms with Gasteiger partial charge in [-0.1, -0.05) is 0 Å². The Kier molecular flexibility index (Phi) is 7.32. The smallest absolute Gasteiger partial charge is 0.253 e. The van der Waals surface area contributed by atoms with Crippen LogP contribution in [0.25, 0.3) is 11.3 Å². The summed E-state index contributed by atoms with van der Waals surface area (Å²) < 4.78 is 31.1. The number of hydrogen-bond donors (Lipinski definition) is 0. The van der Waals surface area contributed by atoms with Crippen molar-refractivity contribution in [2.75, 3.05) is 51.8 Å². The number of sulfonamides is 1. The summed E-state index contributed by atoms with van der Waals surface area (Å²) in [7, 11) is -0.568. The highest BCUT2D eigenvalue weighted by atomic mass is 32.2. The summed E-state index contributed by atoms with van der Waals surface area (Å²) in [6.45, 7) is 4.93. The summed E-state index contributed by atoms with van der Waals surface area (Å²) in [5.41, 5.74) is 2.22. The lowest BCUT2D eigenvalue weighted by Crippen LogP contribution is -2.49. The van der Waals surface area contributed by atoms with Gasteiger partial charge >= 0.3 is 0 Å². The lowest BCUT2D eigenvalue weighted by Gasteiger charge is -2.35. The first-order chi connectivity index (χ1) is 16.8. The van der Waals surface area contributed by atoms with Crippen molar-refractivity contribution in [2.45, 2.75) is 11.8 Å².